The second-order valence-electron chi connectivity index (χ2n) is 7.37. The molecule has 0 atom stereocenters. The van der Waals surface area contributed by atoms with E-state index >= 15 is 0 Å². The predicted molar refractivity (Wildman–Crippen MR) is 109 cm³/mol. The molecule has 28 heavy (non-hydrogen) atoms. The van der Waals surface area contributed by atoms with Crippen molar-refractivity contribution < 1.29 is 4.79 Å². The number of carbonyl (C=O) groups is 1. The highest BCUT2D eigenvalue weighted by Gasteiger charge is 2.30. The van der Waals surface area contributed by atoms with Crippen LogP contribution in [-0.2, 0) is 0 Å². The fourth-order valence-electron chi connectivity index (χ4n) is 3.79. The molecular weight excluding hydrogens is 374 g/mol. The van der Waals surface area contributed by atoms with E-state index in [0.717, 1.165) is 36.6 Å². The van der Waals surface area contributed by atoms with Crippen molar-refractivity contribution in [3.05, 3.63) is 51.5 Å². The maximum absolute atomic E-state index is 13.2. The van der Waals surface area contributed by atoms with E-state index in [0.29, 0.717) is 28.9 Å². The molecule has 1 saturated carbocycles. The van der Waals surface area contributed by atoms with E-state index < -0.39 is 0 Å². The molecule has 8 heteroatoms. The van der Waals surface area contributed by atoms with Gasteiger partial charge in [-0.1, -0.05) is 6.07 Å². The summed E-state index contributed by atoms with van der Waals surface area (Å²) in [4.78, 5) is 39.8. The normalized spacial score (nSPS) is 17.3. The van der Waals surface area contributed by atoms with Gasteiger partial charge in [-0.15, -0.1) is 11.3 Å². The van der Waals surface area contributed by atoms with Gasteiger partial charge in [0.1, 0.15) is 16.0 Å². The Balaban J connectivity index is 1.40. The van der Waals surface area contributed by atoms with Gasteiger partial charge in [-0.25, -0.2) is 9.97 Å². The molecule has 0 unspecified atom stereocenters. The van der Waals surface area contributed by atoms with Crippen LogP contribution in [0.2, 0.25) is 0 Å². The third-order valence-corrected chi connectivity index (χ3v) is 6.58. The maximum atomic E-state index is 13.2. The van der Waals surface area contributed by atoms with Crippen molar-refractivity contribution in [2.75, 3.05) is 31.1 Å². The number of hydrogen-bond acceptors (Lipinski definition) is 6. The molecule has 4 heterocycles. The molecule has 0 bridgehead atoms. The van der Waals surface area contributed by atoms with Crippen LogP contribution in [0.5, 0.6) is 0 Å². The molecule has 1 saturated heterocycles. The Labute approximate surface area is 166 Å². The molecule has 2 aliphatic rings. The number of nitrogens with zero attached hydrogens (tertiary/aromatic N) is 5. The summed E-state index contributed by atoms with van der Waals surface area (Å²) in [5, 5.41) is 0. The second-order valence-corrected chi connectivity index (χ2v) is 8.59. The fourth-order valence-corrected chi connectivity index (χ4v) is 4.83. The summed E-state index contributed by atoms with van der Waals surface area (Å²) in [5.41, 5.74) is 1.13. The van der Waals surface area contributed by atoms with Crippen LogP contribution in [0.15, 0.2) is 35.5 Å². The SMILES string of the molecule is Cc1sc2c(=O)n(C3CC3)cnc2c1C(=O)N1CCN(c2ccccn2)CC1. The summed E-state index contributed by atoms with van der Waals surface area (Å²) >= 11 is 1.39. The number of aromatic nitrogens is 3. The molecule has 2 fully saturated rings. The Morgan fingerprint density at radius 1 is 1.14 bits per heavy atom. The zero-order valence-corrected chi connectivity index (χ0v) is 16.5. The predicted octanol–water partition coefficient (Wildman–Crippen LogP) is 2.46. The number of thiophene rings is 1. The van der Waals surface area contributed by atoms with E-state index in [1.165, 1.54) is 11.3 Å². The number of fused-ring (bicyclic) bond motifs is 1. The third kappa shape index (κ3) is 2.88. The minimum Gasteiger partial charge on any atom is -0.353 e. The summed E-state index contributed by atoms with van der Waals surface area (Å²) in [6, 6.07) is 6.15. The van der Waals surface area contributed by atoms with E-state index in [1.807, 2.05) is 30.0 Å². The van der Waals surface area contributed by atoms with Crippen molar-refractivity contribution in [1.82, 2.24) is 19.4 Å². The van der Waals surface area contributed by atoms with Crippen LogP contribution < -0.4 is 10.5 Å². The van der Waals surface area contributed by atoms with Crippen LogP contribution in [0.25, 0.3) is 10.2 Å². The lowest BCUT2D eigenvalue weighted by Crippen LogP contribution is -2.49. The van der Waals surface area contributed by atoms with Crippen LogP contribution in [0.3, 0.4) is 0 Å². The molecule has 1 amide bonds. The highest BCUT2D eigenvalue weighted by atomic mass is 32.1. The van der Waals surface area contributed by atoms with Gasteiger partial charge in [-0.05, 0) is 31.9 Å². The number of rotatable bonds is 3. The average molecular weight is 395 g/mol. The van der Waals surface area contributed by atoms with Gasteiger partial charge >= 0.3 is 0 Å². The summed E-state index contributed by atoms with van der Waals surface area (Å²) in [5.74, 6) is 0.912. The van der Waals surface area contributed by atoms with Crippen LogP contribution in [0.4, 0.5) is 5.82 Å². The van der Waals surface area contributed by atoms with Crippen LogP contribution in [0.1, 0.15) is 34.1 Å². The molecule has 0 radical (unpaired) electrons. The Kier molecular flexibility index (Phi) is 4.16. The van der Waals surface area contributed by atoms with Crippen LogP contribution in [-0.4, -0.2) is 51.5 Å². The molecule has 0 N–H and O–H groups in total. The number of piperazine rings is 1. The van der Waals surface area contributed by atoms with Crippen molar-refractivity contribution in [3.8, 4) is 0 Å². The van der Waals surface area contributed by atoms with E-state index in [4.69, 9.17) is 0 Å². The topological polar surface area (TPSA) is 71.3 Å². The van der Waals surface area contributed by atoms with E-state index in [2.05, 4.69) is 14.9 Å². The number of aryl methyl sites for hydroxylation is 1. The Hall–Kier alpha value is -2.74. The number of hydrogen-bond donors (Lipinski definition) is 0. The number of carbonyl (C=O) groups excluding carboxylic acids is 1. The van der Waals surface area contributed by atoms with Gasteiger partial charge in [0.05, 0.1) is 11.9 Å². The number of pyridine rings is 1. The van der Waals surface area contributed by atoms with Gasteiger partial charge in [0.2, 0.25) is 0 Å². The van der Waals surface area contributed by atoms with Crippen molar-refractivity contribution in [1.29, 1.82) is 0 Å². The summed E-state index contributed by atoms with van der Waals surface area (Å²) in [7, 11) is 0. The molecule has 5 rings (SSSR count). The lowest BCUT2D eigenvalue weighted by atomic mass is 10.1. The van der Waals surface area contributed by atoms with Crippen LogP contribution in [0, 0.1) is 6.92 Å². The maximum Gasteiger partial charge on any atom is 0.271 e. The number of amides is 1. The zero-order chi connectivity index (χ0) is 19.3. The molecule has 1 aliphatic heterocycles. The molecule has 3 aromatic rings. The highest BCUT2D eigenvalue weighted by Crippen LogP contribution is 2.35. The molecular formula is C20H21N5O2S. The highest BCUT2D eigenvalue weighted by molar-refractivity contribution is 7.19. The van der Waals surface area contributed by atoms with Crippen molar-refractivity contribution in [2.24, 2.45) is 0 Å². The first-order valence-corrected chi connectivity index (χ1v) is 10.4. The van der Waals surface area contributed by atoms with E-state index in [9.17, 15) is 9.59 Å². The average Bonchev–Trinajstić information content (AvgIpc) is 3.51. The minimum atomic E-state index is -0.0273. The van der Waals surface area contributed by atoms with Crippen molar-refractivity contribution >= 4 is 33.3 Å². The number of anilines is 1. The molecule has 3 aromatic heterocycles. The largest absolute Gasteiger partial charge is 0.353 e. The second kappa shape index (κ2) is 6.70. The smallest absolute Gasteiger partial charge is 0.271 e. The summed E-state index contributed by atoms with van der Waals surface area (Å²) in [6.07, 6.45) is 5.46. The molecule has 7 nitrogen and oxygen atoms in total. The van der Waals surface area contributed by atoms with Crippen LogP contribution >= 0.6 is 11.3 Å². The molecule has 0 aromatic carbocycles. The Morgan fingerprint density at radius 3 is 2.61 bits per heavy atom. The lowest BCUT2D eigenvalue weighted by Gasteiger charge is -2.35. The lowest BCUT2D eigenvalue weighted by molar-refractivity contribution is 0.0748. The molecule has 144 valence electrons. The summed E-state index contributed by atoms with van der Waals surface area (Å²) < 4.78 is 2.32. The van der Waals surface area contributed by atoms with Crippen molar-refractivity contribution in [2.45, 2.75) is 25.8 Å². The molecule has 0 spiro atoms. The standard InChI is InChI=1S/C20H21N5O2S/c1-13-16(17-18(28-13)20(27)25(12-22-17)14-5-6-14)19(26)24-10-8-23(9-11-24)15-4-2-3-7-21-15/h2-4,7,12,14H,5-6,8-11H2,1H3. The minimum absolute atomic E-state index is 0.0142. The van der Waals surface area contributed by atoms with Gasteiger partial charge in [-0.2, -0.15) is 0 Å². The molecule has 1 aliphatic carbocycles. The first-order chi connectivity index (χ1) is 13.6. The van der Waals surface area contributed by atoms with E-state index in [-0.39, 0.29) is 17.5 Å². The monoisotopic (exact) mass is 395 g/mol. The van der Waals surface area contributed by atoms with Gasteiger partial charge < -0.3 is 9.80 Å². The first-order valence-electron chi connectivity index (χ1n) is 9.59. The quantitative estimate of drug-likeness (QED) is 0.681. The van der Waals surface area contributed by atoms with Gasteiger partial charge in [0.25, 0.3) is 11.5 Å². The Morgan fingerprint density at radius 2 is 1.93 bits per heavy atom. The van der Waals surface area contributed by atoms with Gasteiger partial charge in [0, 0.05) is 43.3 Å². The first kappa shape index (κ1) is 17.4. The van der Waals surface area contributed by atoms with Gasteiger partial charge in [-0.3, -0.25) is 14.2 Å². The van der Waals surface area contributed by atoms with Crippen molar-refractivity contribution in [3.63, 3.8) is 0 Å². The Bertz CT molecular complexity index is 1090. The van der Waals surface area contributed by atoms with E-state index in [1.54, 1.807) is 17.1 Å². The zero-order valence-electron chi connectivity index (χ0n) is 15.7. The fraction of sp³-hybridized carbons (Fsp3) is 0.400. The third-order valence-electron chi connectivity index (χ3n) is 5.49. The summed E-state index contributed by atoms with van der Waals surface area (Å²) in [6.45, 7) is 4.65. The van der Waals surface area contributed by atoms with Gasteiger partial charge in [0.15, 0.2) is 0 Å².